The van der Waals surface area contributed by atoms with Gasteiger partial charge in [0.1, 0.15) is 12.3 Å². The lowest BCUT2D eigenvalue weighted by molar-refractivity contribution is -0.120. The standard InChI is InChI=1S/C21H28N2O4S/c1-6-19(17-10-11-20(27-4)16(3)13-17)22-21(24)14-23(28(5,25)26)18-9-7-8-15(2)12-18/h7-13,19H,6,14H2,1-5H3,(H,22,24)/t19-/m1/s1. The van der Waals surface area contributed by atoms with Gasteiger partial charge in [0.2, 0.25) is 15.9 Å². The molecule has 2 rings (SSSR count). The number of nitrogens with one attached hydrogen (secondary N) is 1. The fourth-order valence-corrected chi connectivity index (χ4v) is 3.94. The van der Waals surface area contributed by atoms with Crippen LogP contribution < -0.4 is 14.4 Å². The number of aryl methyl sites for hydroxylation is 2. The summed E-state index contributed by atoms with van der Waals surface area (Å²) in [6.07, 6.45) is 1.79. The van der Waals surface area contributed by atoms with E-state index in [4.69, 9.17) is 4.74 Å². The highest BCUT2D eigenvalue weighted by molar-refractivity contribution is 7.92. The number of benzene rings is 2. The molecular formula is C21H28N2O4S. The fourth-order valence-electron chi connectivity index (χ4n) is 3.09. The van der Waals surface area contributed by atoms with Gasteiger partial charge < -0.3 is 10.1 Å². The van der Waals surface area contributed by atoms with Gasteiger partial charge in [0.25, 0.3) is 0 Å². The molecule has 0 spiro atoms. The number of ether oxygens (including phenoxy) is 1. The number of carbonyl (C=O) groups is 1. The molecule has 1 N–H and O–H groups in total. The highest BCUT2D eigenvalue weighted by Crippen LogP contribution is 2.24. The molecule has 0 aromatic heterocycles. The number of hydrogen-bond donors (Lipinski definition) is 1. The zero-order valence-corrected chi connectivity index (χ0v) is 17.8. The number of methoxy groups -OCH3 is 1. The van der Waals surface area contributed by atoms with Crippen LogP contribution in [-0.2, 0) is 14.8 Å². The van der Waals surface area contributed by atoms with E-state index in [2.05, 4.69) is 5.32 Å². The maximum Gasteiger partial charge on any atom is 0.241 e. The van der Waals surface area contributed by atoms with Crippen molar-refractivity contribution in [2.24, 2.45) is 0 Å². The number of carbonyl (C=O) groups excluding carboxylic acids is 1. The Morgan fingerprint density at radius 2 is 1.89 bits per heavy atom. The Kier molecular flexibility index (Phi) is 7.07. The minimum Gasteiger partial charge on any atom is -0.496 e. The second-order valence-corrected chi connectivity index (χ2v) is 8.77. The molecule has 2 aromatic rings. The lowest BCUT2D eigenvalue weighted by Crippen LogP contribution is -2.41. The van der Waals surface area contributed by atoms with Crippen molar-refractivity contribution in [2.45, 2.75) is 33.2 Å². The van der Waals surface area contributed by atoms with Crippen LogP contribution in [0.2, 0.25) is 0 Å². The van der Waals surface area contributed by atoms with E-state index in [0.717, 1.165) is 33.0 Å². The van der Waals surface area contributed by atoms with Crippen LogP contribution in [0.15, 0.2) is 42.5 Å². The van der Waals surface area contributed by atoms with E-state index in [-0.39, 0.29) is 18.5 Å². The van der Waals surface area contributed by atoms with Gasteiger partial charge in [-0.1, -0.05) is 31.2 Å². The zero-order valence-electron chi connectivity index (χ0n) is 17.0. The quantitative estimate of drug-likeness (QED) is 0.732. The Morgan fingerprint density at radius 3 is 2.43 bits per heavy atom. The molecule has 0 saturated carbocycles. The predicted octanol–water partition coefficient (Wildman–Crippen LogP) is 3.35. The van der Waals surface area contributed by atoms with Crippen molar-refractivity contribution in [3.8, 4) is 5.75 Å². The average molecular weight is 405 g/mol. The maximum absolute atomic E-state index is 12.7. The monoisotopic (exact) mass is 404 g/mol. The third kappa shape index (κ3) is 5.48. The molecule has 1 amide bonds. The summed E-state index contributed by atoms with van der Waals surface area (Å²) in [6, 6.07) is 12.6. The van der Waals surface area contributed by atoms with E-state index in [1.165, 1.54) is 0 Å². The van der Waals surface area contributed by atoms with Gasteiger partial charge in [0.15, 0.2) is 0 Å². The Balaban J connectivity index is 2.20. The third-order valence-electron chi connectivity index (χ3n) is 4.54. The predicted molar refractivity (Wildman–Crippen MR) is 112 cm³/mol. The van der Waals surface area contributed by atoms with Gasteiger partial charge in [0.05, 0.1) is 25.1 Å². The molecule has 0 radical (unpaired) electrons. The van der Waals surface area contributed by atoms with Gasteiger partial charge in [0, 0.05) is 0 Å². The molecule has 0 saturated heterocycles. The van der Waals surface area contributed by atoms with Crippen molar-refractivity contribution < 1.29 is 17.9 Å². The van der Waals surface area contributed by atoms with Crippen molar-refractivity contribution >= 4 is 21.6 Å². The number of sulfonamides is 1. The lowest BCUT2D eigenvalue weighted by atomic mass is 10.0. The van der Waals surface area contributed by atoms with Gasteiger partial charge in [-0.15, -0.1) is 0 Å². The van der Waals surface area contributed by atoms with Crippen molar-refractivity contribution in [3.05, 3.63) is 59.2 Å². The Labute approximate surface area is 167 Å². The summed E-state index contributed by atoms with van der Waals surface area (Å²) < 4.78 is 30.9. The van der Waals surface area contributed by atoms with E-state index >= 15 is 0 Å². The Hall–Kier alpha value is -2.54. The molecule has 1 atom stereocenters. The topological polar surface area (TPSA) is 75.7 Å². The molecule has 0 unspecified atom stereocenters. The molecule has 0 fully saturated rings. The number of anilines is 1. The van der Waals surface area contributed by atoms with E-state index in [1.807, 2.05) is 45.0 Å². The molecule has 7 heteroatoms. The van der Waals surface area contributed by atoms with E-state index in [1.54, 1.807) is 25.3 Å². The minimum atomic E-state index is -3.60. The third-order valence-corrected chi connectivity index (χ3v) is 5.68. The summed E-state index contributed by atoms with van der Waals surface area (Å²) in [6.45, 7) is 5.52. The highest BCUT2D eigenvalue weighted by atomic mass is 32.2. The zero-order chi connectivity index (χ0) is 20.9. The second-order valence-electron chi connectivity index (χ2n) is 6.87. The normalized spacial score (nSPS) is 12.3. The van der Waals surface area contributed by atoms with E-state index in [9.17, 15) is 13.2 Å². The number of amides is 1. The van der Waals surface area contributed by atoms with Gasteiger partial charge in [-0.05, 0) is 55.2 Å². The van der Waals surface area contributed by atoms with Crippen molar-refractivity contribution in [1.29, 1.82) is 0 Å². The summed E-state index contributed by atoms with van der Waals surface area (Å²) in [7, 11) is -1.98. The Morgan fingerprint density at radius 1 is 1.18 bits per heavy atom. The van der Waals surface area contributed by atoms with Gasteiger partial charge in [-0.3, -0.25) is 9.10 Å². The largest absolute Gasteiger partial charge is 0.496 e. The molecule has 28 heavy (non-hydrogen) atoms. The first-order chi connectivity index (χ1) is 13.2. The smallest absolute Gasteiger partial charge is 0.241 e. The lowest BCUT2D eigenvalue weighted by Gasteiger charge is -2.24. The molecule has 2 aromatic carbocycles. The summed E-state index contributed by atoms with van der Waals surface area (Å²) in [4.78, 5) is 12.7. The summed E-state index contributed by atoms with van der Waals surface area (Å²) >= 11 is 0. The van der Waals surface area contributed by atoms with Crippen LogP contribution in [0.3, 0.4) is 0 Å². The van der Waals surface area contributed by atoms with Crippen molar-refractivity contribution in [3.63, 3.8) is 0 Å². The molecular weight excluding hydrogens is 376 g/mol. The van der Waals surface area contributed by atoms with Crippen molar-refractivity contribution in [2.75, 3.05) is 24.2 Å². The minimum absolute atomic E-state index is 0.212. The Bertz CT molecular complexity index is 941. The average Bonchev–Trinajstić information content (AvgIpc) is 2.63. The summed E-state index contributed by atoms with van der Waals surface area (Å²) in [5.41, 5.74) is 3.33. The fraction of sp³-hybridized carbons (Fsp3) is 0.381. The first-order valence-corrected chi connectivity index (χ1v) is 11.0. The van der Waals surface area contributed by atoms with Gasteiger partial charge in [-0.2, -0.15) is 0 Å². The summed E-state index contributed by atoms with van der Waals surface area (Å²) in [5, 5.41) is 2.95. The van der Waals surface area contributed by atoms with Gasteiger partial charge in [-0.25, -0.2) is 8.42 Å². The highest BCUT2D eigenvalue weighted by Gasteiger charge is 2.22. The maximum atomic E-state index is 12.7. The van der Waals surface area contributed by atoms with E-state index in [0.29, 0.717) is 12.1 Å². The van der Waals surface area contributed by atoms with Crippen LogP contribution in [0, 0.1) is 13.8 Å². The SMILES string of the molecule is CC[C@@H](NC(=O)CN(c1cccc(C)c1)S(C)(=O)=O)c1ccc(OC)c(C)c1. The van der Waals surface area contributed by atoms with E-state index < -0.39 is 10.0 Å². The van der Waals surface area contributed by atoms with Crippen LogP contribution in [0.4, 0.5) is 5.69 Å². The van der Waals surface area contributed by atoms with Crippen LogP contribution in [0.5, 0.6) is 5.75 Å². The molecule has 0 bridgehead atoms. The molecule has 152 valence electrons. The first kappa shape index (κ1) is 21.8. The van der Waals surface area contributed by atoms with Gasteiger partial charge >= 0.3 is 0 Å². The summed E-state index contributed by atoms with van der Waals surface area (Å²) in [5.74, 6) is 0.430. The number of nitrogens with zero attached hydrogens (tertiary/aromatic N) is 1. The van der Waals surface area contributed by atoms with Crippen molar-refractivity contribution in [1.82, 2.24) is 5.32 Å². The molecule has 6 nitrogen and oxygen atoms in total. The van der Waals surface area contributed by atoms with Crippen LogP contribution in [-0.4, -0.2) is 34.2 Å². The van der Waals surface area contributed by atoms with Crippen LogP contribution in [0.25, 0.3) is 0 Å². The number of hydrogen-bond acceptors (Lipinski definition) is 4. The first-order valence-electron chi connectivity index (χ1n) is 9.14. The molecule has 0 aliphatic carbocycles. The van der Waals surface area contributed by atoms with Crippen LogP contribution in [0.1, 0.15) is 36.1 Å². The molecule has 0 heterocycles. The second kappa shape index (κ2) is 9.10. The molecule has 0 aliphatic heterocycles. The van der Waals surface area contributed by atoms with Crippen LogP contribution >= 0.6 is 0 Å². The number of rotatable bonds is 8. The molecule has 0 aliphatic rings.